The molecule has 0 aromatic carbocycles. The first-order chi connectivity index (χ1) is 6.59. The molecule has 0 spiro atoms. The molecule has 80 valence electrons. The fraction of sp³-hybridized carbons (Fsp3) is 0.778. The highest BCUT2D eigenvalue weighted by Gasteiger charge is 2.29. The number of carboxylic acids is 2. The number of hydrogen-bond donors (Lipinski definition) is 2. The van der Waals surface area contributed by atoms with Crippen molar-refractivity contribution in [1.29, 1.82) is 0 Å². The summed E-state index contributed by atoms with van der Waals surface area (Å²) >= 11 is 0. The quantitative estimate of drug-likeness (QED) is 0.594. The molecule has 0 aromatic heterocycles. The number of carboxylic acid groups (broad SMARTS) is 2. The van der Waals surface area contributed by atoms with Crippen molar-refractivity contribution in [3.8, 4) is 0 Å². The molecule has 0 amide bonds. The van der Waals surface area contributed by atoms with Crippen LogP contribution in [0.25, 0.3) is 0 Å². The average molecular weight is 202 g/mol. The summed E-state index contributed by atoms with van der Waals surface area (Å²) in [6.07, 6.45) is 1.46. The Labute approximate surface area is 81.7 Å². The summed E-state index contributed by atoms with van der Waals surface area (Å²) in [5.41, 5.74) is 0. The van der Waals surface area contributed by atoms with Crippen LogP contribution < -0.4 is 0 Å². The molecule has 1 heterocycles. The maximum absolute atomic E-state index is 10.7. The summed E-state index contributed by atoms with van der Waals surface area (Å²) in [7, 11) is 0. The Balaban J connectivity index is 2.20. The van der Waals surface area contributed by atoms with Crippen LogP contribution in [0.1, 0.15) is 25.7 Å². The molecule has 1 rings (SSSR count). The molecule has 2 unspecified atom stereocenters. The van der Waals surface area contributed by atoms with Gasteiger partial charge in [-0.05, 0) is 19.3 Å². The van der Waals surface area contributed by atoms with Crippen LogP contribution in [0.2, 0.25) is 0 Å². The van der Waals surface area contributed by atoms with Gasteiger partial charge < -0.3 is 14.9 Å². The molecule has 1 saturated heterocycles. The fourth-order valence-corrected chi connectivity index (χ4v) is 1.36. The number of epoxide rings is 1. The molecule has 5 heteroatoms. The maximum Gasteiger partial charge on any atom is 0.306 e. The Bertz CT molecular complexity index is 221. The van der Waals surface area contributed by atoms with Gasteiger partial charge in [-0.2, -0.15) is 0 Å². The first-order valence-electron chi connectivity index (χ1n) is 4.66. The van der Waals surface area contributed by atoms with Crippen LogP contribution in [0.15, 0.2) is 0 Å². The number of hydrogen-bond acceptors (Lipinski definition) is 3. The Morgan fingerprint density at radius 1 is 1.43 bits per heavy atom. The molecule has 0 aromatic rings. The zero-order valence-corrected chi connectivity index (χ0v) is 7.81. The highest BCUT2D eigenvalue weighted by molar-refractivity contribution is 5.70. The third-order valence-corrected chi connectivity index (χ3v) is 2.24. The molecule has 14 heavy (non-hydrogen) atoms. The lowest BCUT2D eigenvalue weighted by Gasteiger charge is -2.09. The van der Waals surface area contributed by atoms with Crippen molar-refractivity contribution >= 4 is 11.9 Å². The van der Waals surface area contributed by atoms with Crippen LogP contribution in [-0.4, -0.2) is 34.9 Å². The minimum Gasteiger partial charge on any atom is -0.481 e. The summed E-state index contributed by atoms with van der Waals surface area (Å²) in [6.45, 7) is 0.642. The van der Waals surface area contributed by atoms with E-state index in [1.807, 2.05) is 0 Å². The topological polar surface area (TPSA) is 87.1 Å². The van der Waals surface area contributed by atoms with E-state index in [-0.39, 0.29) is 12.5 Å². The average Bonchev–Trinajstić information content (AvgIpc) is 2.85. The number of carbonyl (C=O) groups is 2. The Kier molecular flexibility index (Phi) is 3.88. The molecule has 0 saturated carbocycles. The van der Waals surface area contributed by atoms with Crippen LogP contribution in [0.5, 0.6) is 0 Å². The summed E-state index contributed by atoms with van der Waals surface area (Å²) < 4.78 is 4.94. The maximum atomic E-state index is 10.7. The molecule has 2 atom stereocenters. The monoisotopic (exact) mass is 202 g/mol. The van der Waals surface area contributed by atoms with E-state index in [4.69, 9.17) is 14.9 Å². The predicted molar refractivity (Wildman–Crippen MR) is 47.0 cm³/mol. The second kappa shape index (κ2) is 4.95. The Hall–Kier alpha value is -1.10. The lowest BCUT2D eigenvalue weighted by Crippen LogP contribution is -2.16. The zero-order valence-electron chi connectivity index (χ0n) is 7.81. The highest BCUT2D eigenvalue weighted by Crippen LogP contribution is 2.23. The molecule has 0 bridgehead atoms. The third-order valence-electron chi connectivity index (χ3n) is 2.24. The second-order valence-corrected chi connectivity index (χ2v) is 3.51. The van der Waals surface area contributed by atoms with E-state index in [0.717, 1.165) is 0 Å². The van der Waals surface area contributed by atoms with Crippen LogP contribution in [0.4, 0.5) is 0 Å². The summed E-state index contributed by atoms with van der Waals surface area (Å²) in [5.74, 6) is -2.19. The fourth-order valence-electron chi connectivity index (χ4n) is 1.36. The molecule has 1 fully saturated rings. The molecular weight excluding hydrogens is 188 g/mol. The molecule has 0 radical (unpaired) electrons. The van der Waals surface area contributed by atoms with E-state index >= 15 is 0 Å². The Morgan fingerprint density at radius 3 is 2.50 bits per heavy atom. The van der Waals surface area contributed by atoms with Crippen molar-refractivity contribution in [3.63, 3.8) is 0 Å². The van der Waals surface area contributed by atoms with Crippen molar-refractivity contribution < 1.29 is 24.5 Å². The highest BCUT2D eigenvalue weighted by atomic mass is 16.6. The molecule has 1 aliphatic heterocycles. The predicted octanol–water partition coefficient (Wildman–Crippen LogP) is 0.731. The van der Waals surface area contributed by atoms with Crippen LogP contribution >= 0.6 is 0 Å². The smallest absolute Gasteiger partial charge is 0.306 e. The van der Waals surface area contributed by atoms with Crippen molar-refractivity contribution in [1.82, 2.24) is 0 Å². The first kappa shape index (κ1) is 11.0. The van der Waals surface area contributed by atoms with Gasteiger partial charge in [-0.1, -0.05) is 0 Å². The summed E-state index contributed by atoms with van der Waals surface area (Å²) in [6, 6.07) is 0. The van der Waals surface area contributed by atoms with Crippen LogP contribution in [0.3, 0.4) is 0 Å². The van der Waals surface area contributed by atoms with Crippen molar-refractivity contribution in [3.05, 3.63) is 0 Å². The van der Waals surface area contributed by atoms with Gasteiger partial charge in [-0.3, -0.25) is 9.59 Å². The van der Waals surface area contributed by atoms with Gasteiger partial charge in [0.2, 0.25) is 0 Å². The number of rotatable bonds is 7. The van der Waals surface area contributed by atoms with Gasteiger partial charge in [0.05, 0.1) is 18.6 Å². The van der Waals surface area contributed by atoms with Gasteiger partial charge in [-0.15, -0.1) is 0 Å². The van der Waals surface area contributed by atoms with Gasteiger partial charge in [0.1, 0.15) is 0 Å². The van der Waals surface area contributed by atoms with Crippen LogP contribution in [0, 0.1) is 5.92 Å². The summed E-state index contributed by atoms with van der Waals surface area (Å²) in [4.78, 5) is 20.9. The van der Waals surface area contributed by atoms with E-state index in [1.165, 1.54) is 0 Å². The normalized spacial score (nSPS) is 21.6. The molecule has 0 aliphatic carbocycles. The van der Waals surface area contributed by atoms with E-state index in [1.54, 1.807) is 0 Å². The lowest BCUT2D eigenvalue weighted by molar-refractivity contribution is -0.143. The van der Waals surface area contributed by atoms with E-state index in [0.29, 0.717) is 25.9 Å². The second-order valence-electron chi connectivity index (χ2n) is 3.51. The number of ether oxygens (including phenoxy) is 1. The largest absolute Gasteiger partial charge is 0.481 e. The van der Waals surface area contributed by atoms with Gasteiger partial charge in [0.25, 0.3) is 0 Å². The minimum absolute atomic E-state index is 0.0370. The molecular formula is C9H14O5. The SMILES string of the molecule is O=C(O)CCCC(CC1CO1)C(=O)O. The summed E-state index contributed by atoms with van der Waals surface area (Å²) in [5, 5.41) is 17.2. The van der Waals surface area contributed by atoms with Gasteiger partial charge >= 0.3 is 11.9 Å². The zero-order chi connectivity index (χ0) is 10.6. The van der Waals surface area contributed by atoms with Gasteiger partial charge in [0.15, 0.2) is 0 Å². The first-order valence-corrected chi connectivity index (χ1v) is 4.66. The molecule has 5 nitrogen and oxygen atoms in total. The molecule has 1 aliphatic rings. The third kappa shape index (κ3) is 4.23. The van der Waals surface area contributed by atoms with Gasteiger partial charge in [-0.25, -0.2) is 0 Å². The lowest BCUT2D eigenvalue weighted by atomic mass is 9.97. The van der Waals surface area contributed by atoms with E-state index < -0.39 is 17.9 Å². The van der Waals surface area contributed by atoms with Gasteiger partial charge in [0, 0.05) is 6.42 Å². The van der Waals surface area contributed by atoms with E-state index in [2.05, 4.69) is 0 Å². The standard InChI is InChI=1S/C9H14O5/c10-8(11)3-1-2-6(9(12)13)4-7-5-14-7/h6-7H,1-5H2,(H,10,11)(H,12,13). The minimum atomic E-state index is -0.878. The van der Waals surface area contributed by atoms with Crippen LogP contribution in [-0.2, 0) is 14.3 Å². The van der Waals surface area contributed by atoms with Crippen molar-refractivity contribution in [2.24, 2.45) is 5.92 Å². The van der Waals surface area contributed by atoms with Crippen molar-refractivity contribution in [2.45, 2.75) is 31.8 Å². The van der Waals surface area contributed by atoms with Crippen molar-refractivity contribution in [2.75, 3.05) is 6.61 Å². The molecule has 2 N–H and O–H groups in total. The number of aliphatic carboxylic acids is 2. The van der Waals surface area contributed by atoms with E-state index in [9.17, 15) is 9.59 Å². The Morgan fingerprint density at radius 2 is 2.07 bits per heavy atom.